The summed E-state index contributed by atoms with van der Waals surface area (Å²) >= 11 is 1.32. The van der Waals surface area contributed by atoms with Crippen LogP contribution >= 0.6 is 11.8 Å². The number of thioether (sulfide) groups is 1. The summed E-state index contributed by atoms with van der Waals surface area (Å²) in [4.78, 5) is 24.4. The van der Waals surface area contributed by atoms with Gasteiger partial charge in [0.2, 0.25) is 11.8 Å². The molecule has 0 unspecified atom stereocenters. The minimum absolute atomic E-state index is 0.0765. The van der Waals surface area contributed by atoms with Crippen molar-refractivity contribution >= 4 is 29.3 Å². The van der Waals surface area contributed by atoms with Crippen molar-refractivity contribution in [2.75, 3.05) is 17.6 Å². The van der Waals surface area contributed by atoms with Gasteiger partial charge < -0.3 is 15.2 Å². The maximum atomic E-state index is 12.2. The molecular weight excluding hydrogens is 410 g/mol. The first kappa shape index (κ1) is 22.6. The number of carbonyl (C=O) groups is 2. The van der Waals surface area contributed by atoms with E-state index in [0.29, 0.717) is 11.6 Å². The number of para-hydroxylation sites is 1. The topological polar surface area (TPSA) is 88.9 Å². The highest BCUT2D eigenvalue weighted by Crippen LogP contribution is 2.20. The first-order valence-corrected chi connectivity index (χ1v) is 11.2. The Hall–Kier alpha value is -3.13. The van der Waals surface area contributed by atoms with Crippen molar-refractivity contribution in [1.29, 1.82) is 0 Å². The fourth-order valence-corrected chi connectivity index (χ4v) is 4.06. The van der Waals surface area contributed by atoms with Gasteiger partial charge in [-0.25, -0.2) is 0 Å². The predicted octanol–water partition coefficient (Wildman–Crippen LogP) is 3.35. The molecule has 1 aromatic heterocycles. The van der Waals surface area contributed by atoms with Gasteiger partial charge in [-0.2, -0.15) is 0 Å². The van der Waals surface area contributed by atoms with Crippen LogP contribution in [0, 0.1) is 13.8 Å². The molecule has 0 radical (unpaired) electrons. The molecule has 0 aliphatic rings. The molecule has 2 N–H and O–H groups in total. The van der Waals surface area contributed by atoms with Crippen molar-refractivity contribution in [1.82, 2.24) is 20.1 Å². The Labute approximate surface area is 186 Å². The van der Waals surface area contributed by atoms with Crippen LogP contribution in [0.25, 0.3) is 0 Å². The molecule has 162 valence electrons. The lowest BCUT2D eigenvalue weighted by atomic mass is 10.1. The van der Waals surface area contributed by atoms with Gasteiger partial charge >= 0.3 is 0 Å². The Bertz CT molecular complexity index is 1030. The van der Waals surface area contributed by atoms with Gasteiger partial charge in [0, 0.05) is 18.7 Å². The summed E-state index contributed by atoms with van der Waals surface area (Å²) in [6.45, 7) is 6.55. The van der Waals surface area contributed by atoms with Gasteiger partial charge in [0.25, 0.3) is 0 Å². The Balaban J connectivity index is 1.50. The third-order valence-electron chi connectivity index (χ3n) is 4.84. The SMILES string of the molecule is CCn1c(Cc2ccccc2)nnc1SCC(=O)NCC(=O)Nc1c(C)cccc1C. The molecule has 0 aliphatic heterocycles. The number of hydrogen-bond acceptors (Lipinski definition) is 5. The lowest BCUT2D eigenvalue weighted by molar-refractivity contribution is -0.122. The molecule has 7 nitrogen and oxygen atoms in total. The van der Waals surface area contributed by atoms with Crippen molar-refractivity contribution < 1.29 is 9.59 Å². The Kier molecular flexibility index (Phi) is 7.83. The maximum absolute atomic E-state index is 12.2. The smallest absolute Gasteiger partial charge is 0.243 e. The molecule has 0 spiro atoms. The molecular formula is C23H27N5O2S. The zero-order valence-corrected chi connectivity index (χ0v) is 18.8. The Morgan fingerprint density at radius 2 is 1.68 bits per heavy atom. The number of rotatable bonds is 9. The van der Waals surface area contributed by atoms with Crippen molar-refractivity contribution in [2.45, 2.75) is 38.9 Å². The van der Waals surface area contributed by atoms with Crippen molar-refractivity contribution in [3.8, 4) is 0 Å². The number of nitrogens with zero attached hydrogens (tertiary/aromatic N) is 3. The Morgan fingerprint density at radius 3 is 2.35 bits per heavy atom. The highest BCUT2D eigenvalue weighted by Gasteiger charge is 2.14. The minimum atomic E-state index is -0.252. The molecule has 8 heteroatoms. The molecule has 0 aliphatic carbocycles. The maximum Gasteiger partial charge on any atom is 0.243 e. The largest absolute Gasteiger partial charge is 0.346 e. The second kappa shape index (κ2) is 10.8. The second-order valence-corrected chi connectivity index (χ2v) is 8.13. The zero-order chi connectivity index (χ0) is 22.2. The molecule has 2 aromatic carbocycles. The quantitative estimate of drug-likeness (QED) is 0.501. The monoisotopic (exact) mass is 437 g/mol. The fourth-order valence-electron chi connectivity index (χ4n) is 3.21. The minimum Gasteiger partial charge on any atom is -0.346 e. The summed E-state index contributed by atoms with van der Waals surface area (Å²) in [6.07, 6.45) is 0.687. The third kappa shape index (κ3) is 6.18. The van der Waals surface area contributed by atoms with E-state index in [1.165, 1.54) is 11.8 Å². The van der Waals surface area contributed by atoms with E-state index in [-0.39, 0.29) is 24.1 Å². The lowest BCUT2D eigenvalue weighted by Crippen LogP contribution is -2.34. The number of carbonyl (C=O) groups excluding carboxylic acids is 2. The van der Waals surface area contributed by atoms with Gasteiger partial charge in [0.15, 0.2) is 5.16 Å². The Morgan fingerprint density at radius 1 is 0.968 bits per heavy atom. The van der Waals surface area contributed by atoms with Crippen LogP contribution in [0.5, 0.6) is 0 Å². The van der Waals surface area contributed by atoms with Crippen LogP contribution in [0.1, 0.15) is 29.4 Å². The van der Waals surface area contributed by atoms with Crippen molar-refractivity contribution in [3.63, 3.8) is 0 Å². The van der Waals surface area contributed by atoms with E-state index in [4.69, 9.17) is 0 Å². The first-order valence-electron chi connectivity index (χ1n) is 10.2. The highest BCUT2D eigenvalue weighted by molar-refractivity contribution is 7.99. The van der Waals surface area contributed by atoms with Crippen molar-refractivity contribution in [3.05, 3.63) is 71.0 Å². The molecule has 0 saturated heterocycles. The lowest BCUT2D eigenvalue weighted by Gasteiger charge is -2.12. The standard InChI is InChI=1S/C23H27N5O2S/c1-4-28-19(13-18-11-6-5-7-12-18)26-27-23(28)31-15-21(30)24-14-20(29)25-22-16(2)9-8-10-17(22)3/h5-12H,4,13-15H2,1-3H3,(H,24,30)(H,25,29). The number of benzene rings is 2. The number of hydrogen-bond donors (Lipinski definition) is 2. The third-order valence-corrected chi connectivity index (χ3v) is 5.81. The van der Waals surface area contributed by atoms with E-state index in [2.05, 4.69) is 33.0 Å². The second-order valence-electron chi connectivity index (χ2n) is 7.19. The van der Waals surface area contributed by atoms with Crippen LogP contribution in [-0.4, -0.2) is 38.9 Å². The average molecular weight is 438 g/mol. The van der Waals surface area contributed by atoms with Gasteiger partial charge in [-0.05, 0) is 37.5 Å². The molecule has 0 bridgehead atoms. The summed E-state index contributed by atoms with van der Waals surface area (Å²) in [7, 11) is 0. The normalized spacial score (nSPS) is 10.7. The molecule has 0 fully saturated rings. The van der Waals surface area contributed by atoms with Crippen LogP contribution in [0.15, 0.2) is 53.7 Å². The predicted molar refractivity (Wildman–Crippen MR) is 123 cm³/mol. The van der Waals surface area contributed by atoms with Gasteiger partial charge in [-0.1, -0.05) is 60.3 Å². The van der Waals surface area contributed by atoms with Gasteiger partial charge in [-0.3, -0.25) is 9.59 Å². The van der Waals surface area contributed by atoms with E-state index in [1.807, 2.05) is 61.7 Å². The van der Waals surface area contributed by atoms with Crippen LogP contribution in [0.2, 0.25) is 0 Å². The van der Waals surface area contributed by atoms with Crippen LogP contribution < -0.4 is 10.6 Å². The van der Waals surface area contributed by atoms with E-state index in [0.717, 1.165) is 34.7 Å². The summed E-state index contributed by atoms with van der Waals surface area (Å²) < 4.78 is 2.01. The van der Waals surface area contributed by atoms with E-state index in [1.54, 1.807) is 0 Å². The molecule has 3 aromatic rings. The number of aryl methyl sites for hydroxylation is 2. The molecule has 0 atom stereocenters. The van der Waals surface area contributed by atoms with Crippen LogP contribution in [0.3, 0.4) is 0 Å². The summed E-state index contributed by atoms with van der Waals surface area (Å²) in [6, 6.07) is 15.9. The molecule has 31 heavy (non-hydrogen) atoms. The molecule has 3 rings (SSSR count). The average Bonchev–Trinajstić information content (AvgIpc) is 3.15. The number of nitrogens with one attached hydrogen (secondary N) is 2. The van der Waals surface area contributed by atoms with Gasteiger partial charge in [-0.15, -0.1) is 10.2 Å². The number of aromatic nitrogens is 3. The van der Waals surface area contributed by atoms with E-state index in [9.17, 15) is 9.59 Å². The summed E-state index contributed by atoms with van der Waals surface area (Å²) in [5.74, 6) is 0.555. The van der Waals surface area contributed by atoms with E-state index >= 15 is 0 Å². The van der Waals surface area contributed by atoms with Gasteiger partial charge in [0.1, 0.15) is 5.82 Å². The number of amides is 2. The highest BCUT2D eigenvalue weighted by atomic mass is 32.2. The zero-order valence-electron chi connectivity index (χ0n) is 18.0. The molecule has 0 saturated carbocycles. The first-order chi connectivity index (χ1) is 15.0. The molecule has 1 heterocycles. The van der Waals surface area contributed by atoms with Crippen LogP contribution in [-0.2, 0) is 22.6 Å². The summed E-state index contributed by atoms with van der Waals surface area (Å²) in [5.41, 5.74) is 3.92. The fraction of sp³-hybridized carbons (Fsp3) is 0.304. The van der Waals surface area contributed by atoms with E-state index < -0.39 is 0 Å². The molecule has 2 amide bonds. The van der Waals surface area contributed by atoms with Crippen LogP contribution in [0.4, 0.5) is 5.69 Å². The van der Waals surface area contributed by atoms with Gasteiger partial charge in [0.05, 0.1) is 12.3 Å². The van der Waals surface area contributed by atoms with Crippen molar-refractivity contribution in [2.24, 2.45) is 0 Å². The summed E-state index contributed by atoms with van der Waals surface area (Å²) in [5, 5.41) is 14.8. The number of anilines is 1.